The second kappa shape index (κ2) is 2.28. The molecule has 1 aliphatic carbocycles. The lowest BCUT2D eigenvalue weighted by Crippen LogP contribution is -2.11. The van der Waals surface area contributed by atoms with E-state index in [1.54, 1.807) is 6.07 Å². The van der Waals surface area contributed by atoms with Crippen molar-refractivity contribution >= 4 is 0 Å². The molecular weight excluding hydrogens is 177 g/mol. The Morgan fingerprint density at radius 1 is 1.31 bits per heavy atom. The van der Waals surface area contributed by atoms with E-state index in [0.717, 1.165) is 0 Å². The number of hydrogen-bond acceptors (Lipinski definition) is 0. The highest BCUT2D eigenvalue weighted by Gasteiger charge is 2.68. The van der Waals surface area contributed by atoms with Gasteiger partial charge in [-0.05, 0) is 24.6 Å². The molecule has 2 rings (SSSR count). The molecule has 1 unspecified atom stereocenters. The van der Waals surface area contributed by atoms with Gasteiger partial charge in [-0.2, -0.15) is 0 Å². The maximum atomic E-state index is 12.9. The zero-order valence-corrected chi connectivity index (χ0v) is 7.15. The van der Waals surface area contributed by atoms with Crippen molar-refractivity contribution in [1.29, 1.82) is 0 Å². The van der Waals surface area contributed by atoms with Crippen molar-refractivity contribution in [1.82, 2.24) is 0 Å². The minimum atomic E-state index is -2.67. The summed E-state index contributed by atoms with van der Waals surface area (Å²) in [6.45, 7) is 1.46. The zero-order valence-electron chi connectivity index (χ0n) is 7.15. The normalized spacial score (nSPS) is 30.2. The van der Waals surface area contributed by atoms with Gasteiger partial charge in [-0.1, -0.05) is 12.1 Å². The molecule has 1 saturated carbocycles. The van der Waals surface area contributed by atoms with Gasteiger partial charge in [0.1, 0.15) is 5.82 Å². The topological polar surface area (TPSA) is 0 Å². The fourth-order valence-electron chi connectivity index (χ4n) is 1.54. The van der Waals surface area contributed by atoms with E-state index >= 15 is 0 Å². The van der Waals surface area contributed by atoms with E-state index in [2.05, 4.69) is 0 Å². The van der Waals surface area contributed by atoms with Gasteiger partial charge in [0.15, 0.2) is 0 Å². The van der Waals surface area contributed by atoms with E-state index in [1.807, 2.05) is 0 Å². The highest BCUT2D eigenvalue weighted by atomic mass is 19.3. The smallest absolute Gasteiger partial charge is 0.207 e. The Labute approximate surface area is 74.4 Å². The summed E-state index contributed by atoms with van der Waals surface area (Å²) in [5.41, 5.74) is -0.757. The summed E-state index contributed by atoms with van der Waals surface area (Å²) in [5, 5.41) is 0. The van der Waals surface area contributed by atoms with Crippen LogP contribution in [-0.4, -0.2) is 5.92 Å². The van der Waals surface area contributed by atoms with Gasteiger partial charge in [0, 0.05) is 6.42 Å². The van der Waals surface area contributed by atoms with Crippen LogP contribution in [0.1, 0.15) is 18.9 Å². The third kappa shape index (κ3) is 1.14. The second-order valence-electron chi connectivity index (χ2n) is 3.72. The van der Waals surface area contributed by atoms with Crippen LogP contribution in [0.15, 0.2) is 24.3 Å². The molecule has 0 spiro atoms. The van der Waals surface area contributed by atoms with Crippen molar-refractivity contribution in [3.63, 3.8) is 0 Å². The van der Waals surface area contributed by atoms with Gasteiger partial charge in [0.05, 0.1) is 5.41 Å². The van der Waals surface area contributed by atoms with E-state index in [0.29, 0.717) is 5.56 Å². The average molecular weight is 186 g/mol. The van der Waals surface area contributed by atoms with Crippen molar-refractivity contribution in [2.75, 3.05) is 0 Å². The lowest BCUT2D eigenvalue weighted by molar-refractivity contribution is 0.0919. The van der Waals surface area contributed by atoms with Crippen LogP contribution in [-0.2, 0) is 5.41 Å². The first-order chi connectivity index (χ1) is 5.96. The van der Waals surface area contributed by atoms with Crippen LogP contribution in [0, 0.1) is 5.82 Å². The summed E-state index contributed by atoms with van der Waals surface area (Å²) in [7, 11) is 0. The van der Waals surface area contributed by atoms with Crippen molar-refractivity contribution in [3.05, 3.63) is 35.6 Å². The molecule has 1 aromatic carbocycles. The van der Waals surface area contributed by atoms with Crippen LogP contribution in [0.5, 0.6) is 0 Å². The summed E-state index contributed by atoms with van der Waals surface area (Å²) < 4.78 is 38.5. The molecule has 1 atom stereocenters. The Bertz CT molecular complexity index is 346. The van der Waals surface area contributed by atoms with Crippen LogP contribution in [0.2, 0.25) is 0 Å². The average Bonchev–Trinajstić information content (AvgIpc) is 2.53. The van der Waals surface area contributed by atoms with Gasteiger partial charge < -0.3 is 0 Å². The summed E-state index contributed by atoms with van der Waals surface area (Å²) in [4.78, 5) is 0. The minimum Gasteiger partial charge on any atom is -0.207 e. The zero-order chi connectivity index (χ0) is 9.69. The van der Waals surface area contributed by atoms with Crippen LogP contribution >= 0.6 is 0 Å². The van der Waals surface area contributed by atoms with E-state index < -0.39 is 17.2 Å². The number of rotatable bonds is 1. The van der Waals surface area contributed by atoms with Gasteiger partial charge in [0.25, 0.3) is 5.92 Å². The molecule has 0 bridgehead atoms. The molecule has 0 nitrogen and oxygen atoms in total. The lowest BCUT2D eigenvalue weighted by atomic mass is 9.98. The predicted octanol–water partition coefficient (Wildman–Crippen LogP) is 3.12. The van der Waals surface area contributed by atoms with E-state index in [9.17, 15) is 13.2 Å². The first kappa shape index (κ1) is 8.60. The maximum Gasteiger partial charge on any atom is 0.258 e. The molecule has 0 saturated heterocycles. The number of hydrogen-bond donors (Lipinski definition) is 0. The maximum absolute atomic E-state index is 12.9. The van der Waals surface area contributed by atoms with Crippen molar-refractivity contribution in [3.8, 4) is 0 Å². The third-order valence-electron chi connectivity index (χ3n) is 2.72. The molecule has 1 fully saturated rings. The second-order valence-corrected chi connectivity index (χ2v) is 3.72. The SMILES string of the molecule is CC1(c2cccc(F)c2)CC1(F)F. The summed E-state index contributed by atoms with van der Waals surface area (Å²) in [6, 6.07) is 5.45. The molecule has 70 valence electrons. The summed E-state index contributed by atoms with van der Waals surface area (Å²) >= 11 is 0. The van der Waals surface area contributed by atoms with E-state index in [-0.39, 0.29) is 6.42 Å². The van der Waals surface area contributed by atoms with Crippen LogP contribution in [0.4, 0.5) is 13.2 Å². The highest BCUT2D eigenvalue weighted by Crippen LogP contribution is 2.61. The molecule has 0 N–H and O–H groups in total. The van der Waals surface area contributed by atoms with Gasteiger partial charge >= 0.3 is 0 Å². The first-order valence-corrected chi connectivity index (χ1v) is 4.10. The molecule has 13 heavy (non-hydrogen) atoms. The summed E-state index contributed by atoms with van der Waals surface area (Å²) in [5.74, 6) is -3.12. The van der Waals surface area contributed by atoms with Crippen molar-refractivity contribution < 1.29 is 13.2 Å². The van der Waals surface area contributed by atoms with Gasteiger partial charge in [-0.3, -0.25) is 0 Å². The molecule has 3 heteroatoms. The number of alkyl halides is 2. The molecule has 0 amide bonds. The standard InChI is InChI=1S/C10H9F3/c1-9(6-10(9,12)13)7-3-2-4-8(11)5-7/h2-5H,6H2,1H3. The summed E-state index contributed by atoms with van der Waals surface area (Å²) in [6.07, 6.45) is -0.177. The van der Waals surface area contributed by atoms with Crippen molar-refractivity contribution in [2.24, 2.45) is 0 Å². The Morgan fingerprint density at radius 2 is 1.92 bits per heavy atom. The van der Waals surface area contributed by atoms with Crippen molar-refractivity contribution in [2.45, 2.75) is 24.7 Å². The molecule has 0 radical (unpaired) electrons. The van der Waals surface area contributed by atoms with Crippen LogP contribution < -0.4 is 0 Å². The Hall–Kier alpha value is -0.990. The Balaban J connectivity index is 2.38. The molecule has 1 aromatic rings. The molecular formula is C10H9F3. The first-order valence-electron chi connectivity index (χ1n) is 4.10. The van der Waals surface area contributed by atoms with Crippen LogP contribution in [0.25, 0.3) is 0 Å². The third-order valence-corrected chi connectivity index (χ3v) is 2.72. The molecule has 0 aliphatic heterocycles. The van der Waals surface area contributed by atoms with Crippen LogP contribution in [0.3, 0.4) is 0 Å². The predicted molar refractivity (Wildman–Crippen MR) is 43.3 cm³/mol. The molecule has 0 heterocycles. The fourth-order valence-corrected chi connectivity index (χ4v) is 1.54. The number of benzene rings is 1. The van der Waals surface area contributed by atoms with Gasteiger partial charge in [-0.15, -0.1) is 0 Å². The fraction of sp³-hybridized carbons (Fsp3) is 0.400. The van der Waals surface area contributed by atoms with E-state index in [4.69, 9.17) is 0 Å². The monoisotopic (exact) mass is 186 g/mol. The van der Waals surface area contributed by atoms with E-state index in [1.165, 1.54) is 25.1 Å². The molecule has 0 aromatic heterocycles. The molecule has 1 aliphatic rings. The Kier molecular flexibility index (Phi) is 1.51. The minimum absolute atomic E-state index is 0.177. The Morgan fingerprint density at radius 3 is 2.38 bits per heavy atom. The largest absolute Gasteiger partial charge is 0.258 e. The number of halogens is 3. The quantitative estimate of drug-likeness (QED) is 0.632. The highest BCUT2D eigenvalue weighted by molar-refractivity contribution is 5.36. The van der Waals surface area contributed by atoms with Gasteiger partial charge in [0.2, 0.25) is 0 Å². The van der Waals surface area contributed by atoms with Gasteiger partial charge in [-0.25, -0.2) is 13.2 Å². The lowest BCUT2D eigenvalue weighted by Gasteiger charge is -2.09.